The highest BCUT2D eigenvalue weighted by Crippen LogP contribution is 2.26. The molecule has 0 aliphatic rings. The molecule has 6 heteroatoms. The van der Waals surface area contributed by atoms with Crippen LogP contribution in [0, 0.1) is 6.92 Å². The second-order valence-electron chi connectivity index (χ2n) is 7.23. The predicted molar refractivity (Wildman–Crippen MR) is 122 cm³/mol. The molecule has 0 unspecified atom stereocenters. The zero-order valence-electron chi connectivity index (χ0n) is 17.7. The molecule has 1 N–H and O–H groups in total. The van der Waals surface area contributed by atoms with Crippen LogP contribution in [0.2, 0.25) is 0 Å². The normalized spacial score (nSPS) is 10.8. The van der Waals surface area contributed by atoms with E-state index in [0.29, 0.717) is 19.4 Å². The van der Waals surface area contributed by atoms with Crippen molar-refractivity contribution in [2.75, 3.05) is 19.0 Å². The molecular formula is C25H25N3O3. The van der Waals surface area contributed by atoms with E-state index < -0.39 is 0 Å². The molecular weight excluding hydrogens is 390 g/mol. The Bertz CT molecular complexity index is 1170. The Balaban J connectivity index is 1.39. The fourth-order valence-electron chi connectivity index (χ4n) is 3.42. The smallest absolute Gasteiger partial charge is 0.224 e. The molecule has 0 saturated carbocycles. The molecule has 0 aliphatic heterocycles. The first-order valence-electron chi connectivity index (χ1n) is 10.2. The Morgan fingerprint density at radius 1 is 1.00 bits per heavy atom. The number of amides is 1. The number of benzene rings is 2. The van der Waals surface area contributed by atoms with Gasteiger partial charge in [-0.3, -0.25) is 4.79 Å². The minimum absolute atomic E-state index is 0.0378. The highest BCUT2D eigenvalue weighted by molar-refractivity contribution is 5.90. The molecule has 0 fully saturated rings. The Hall–Kier alpha value is -3.80. The first-order chi connectivity index (χ1) is 15.1. The maximum Gasteiger partial charge on any atom is 0.224 e. The molecule has 0 bridgehead atoms. The summed E-state index contributed by atoms with van der Waals surface area (Å²) in [6.07, 6.45) is 2.95. The average molecular weight is 415 g/mol. The second-order valence-corrected chi connectivity index (χ2v) is 7.23. The fourth-order valence-corrected chi connectivity index (χ4v) is 3.42. The summed E-state index contributed by atoms with van der Waals surface area (Å²) in [7, 11) is 1.65. The second kappa shape index (κ2) is 9.34. The Labute approximate surface area is 181 Å². The van der Waals surface area contributed by atoms with Crippen LogP contribution >= 0.6 is 0 Å². The van der Waals surface area contributed by atoms with E-state index in [1.807, 2.05) is 84.3 Å². The van der Waals surface area contributed by atoms with E-state index in [-0.39, 0.29) is 5.91 Å². The molecule has 0 aliphatic carbocycles. The Kier molecular flexibility index (Phi) is 6.17. The molecule has 1 amide bonds. The Morgan fingerprint density at radius 2 is 1.77 bits per heavy atom. The number of nitrogens with zero attached hydrogens (tertiary/aromatic N) is 2. The van der Waals surface area contributed by atoms with Gasteiger partial charge >= 0.3 is 0 Å². The number of nitrogens with one attached hydrogen (secondary N) is 1. The molecule has 158 valence electrons. The van der Waals surface area contributed by atoms with Gasteiger partial charge in [0.15, 0.2) is 0 Å². The van der Waals surface area contributed by atoms with Crippen LogP contribution in [0.15, 0.2) is 72.9 Å². The van der Waals surface area contributed by atoms with Gasteiger partial charge in [-0.05, 0) is 61.9 Å². The first-order valence-corrected chi connectivity index (χ1v) is 10.2. The van der Waals surface area contributed by atoms with Gasteiger partial charge in [-0.15, -0.1) is 0 Å². The summed E-state index contributed by atoms with van der Waals surface area (Å²) in [6, 6.07) is 21.2. The van der Waals surface area contributed by atoms with Crippen molar-refractivity contribution in [1.29, 1.82) is 0 Å². The number of ether oxygens (including phenoxy) is 2. The minimum Gasteiger partial charge on any atom is -0.497 e. The van der Waals surface area contributed by atoms with Crippen LogP contribution < -0.4 is 14.8 Å². The summed E-state index contributed by atoms with van der Waals surface area (Å²) in [5, 5.41) is 2.96. The minimum atomic E-state index is -0.0378. The first kappa shape index (κ1) is 20.5. The number of hydrogen-bond donors (Lipinski definition) is 1. The number of carbonyl (C=O) groups is 1. The monoisotopic (exact) mass is 415 g/mol. The number of methoxy groups -OCH3 is 1. The van der Waals surface area contributed by atoms with Crippen LogP contribution in [0.25, 0.3) is 16.9 Å². The third kappa shape index (κ3) is 4.86. The number of pyridine rings is 1. The summed E-state index contributed by atoms with van der Waals surface area (Å²) in [6.45, 7) is 2.52. The SMILES string of the molecule is COc1ccc(-c2nc3ccc(NC(=O)CCCOc4ccccc4)cn3c2C)cc1. The largest absolute Gasteiger partial charge is 0.497 e. The molecule has 0 spiro atoms. The van der Waals surface area contributed by atoms with Gasteiger partial charge < -0.3 is 19.2 Å². The fraction of sp³-hybridized carbons (Fsp3) is 0.200. The van der Waals surface area contributed by atoms with Gasteiger partial charge in [0.25, 0.3) is 0 Å². The van der Waals surface area contributed by atoms with Crippen molar-refractivity contribution in [3.63, 3.8) is 0 Å². The molecule has 0 saturated heterocycles. The molecule has 4 aromatic rings. The lowest BCUT2D eigenvalue weighted by Crippen LogP contribution is -2.13. The standard InChI is InChI=1S/C25H25N3O3/c1-18-25(19-10-13-21(30-2)14-11-19)27-23-15-12-20(17-28(18)23)26-24(29)9-6-16-31-22-7-4-3-5-8-22/h3-5,7-8,10-15,17H,6,9,16H2,1-2H3,(H,26,29). The summed E-state index contributed by atoms with van der Waals surface area (Å²) >= 11 is 0. The summed E-state index contributed by atoms with van der Waals surface area (Å²) in [5.74, 6) is 1.59. The molecule has 2 aromatic heterocycles. The van der Waals surface area contributed by atoms with Crippen molar-refractivity contribution in [1.82, 2.24) is 9.38 Å². The van der Waals surface area contributed by atoms with Crippen molar-refractivity contribution in [3.8, 4) is 22.8 Å². The number of para-hydroxylation sites is 1. The lowest BCUT2D eigenvalue weighted by Gasteiger charge is -2.08. The number of anilines is 1. The average Bonchev–Trinajstić information content (AvgIpc) is 3.13. The van der Waals surface area contributed by atoms with Crippen molar-refractivity contribution < 1.29 is 14.3 Å². The summed E-state index contributed by atoms with van der Waals surface area (Å²) in [5.41, 5.74) is 4.50. The van der Waals surface area contributed by atoms with Crippen LogP contribution in [0.3, 0.4) is 0 Å². The lowest BCUT2D eigenvalue weighted by molar-refractivity contribution is -0.116. The summed E-state index contributed by atoms with van der Waals surface area (Å²) < 4.78 is 12.9. The number of imidazole rings is 1. The van der Waals surface area contributed by atoms with E-state index in [1.54, 1.807) is 7.11 Å². The number of rotatable bonds is 8. The van der Waals surface area contributed by atoms with Gasteiger partial charge in [-0.1, -0.05) is 18.2 Å². The molecule has 0 radical (unpaired) electrons. The van der Waals surface area contributed by atoms with Crippen LogP contribution in [0.4, 0.5) is 5.69 Å². The number of fused-ring (bicyclic) bond motifs is 1. The predicted octanol–water partition coefficient (Wildman–Crippen LogP) is 5.12. The Morgan fingerprint density at radius 3 is 2.52 bits per heavy atom. The third-order valence-electron chi connectivity index (χ3n) is 5.06. The van der Waals surface area contributed by atoms with E-state index in [1.165, 1.54) is 0 Å². The highest BCUT2D eigenvalue weighted by atomic mass is 16.5. The van der Waals surface area contributed by atoms with Crippen LogP contribution in [-0.2, 0) is 4.79 Å². The van der Waals surface area contributed by atoms with Gasteiger partial charge in [-0.2, -0.15) is 0 Å². The maximum absolute atomic E-state index is 12.3. The van der Waals surface area contributed by atoms with E-state index in [2.05, 4.69) is 5.32 Å². The van der Waals surface area contributed by atoms with Crippen molar-refractivity contribution in [2.45, 2.75) is 19.8 Å². The van der Waals surface area contributed by atoms with Gasteiger partial charge in [0.2, 0.25) is 5.91 Å². The van der Waals surface area contributed by atoms with Gasteiger partial charge in [0.1, 0.15) is 17.1 Å². The molecule has 0 atom stereocenters. The van der Waals surface area contributed by atoms with Crippen LogP contribution in [-0.4, -0.2) is 29.0 Å². The summed E-state index contributed by atoms with van der Waals surface area (Å²) in [4.78, 5) is 17.1. The quantitative estimate of drug-likeness (QED) is 0.406. The number of aryl methyl sites for hydroxylation is 1. The maximum atomic E-state index is 12.3. The molecule has 4 rings (SSSR count). The van der Waals surface area contributed by atoms with E-state index in [4.69, 9.17) is 14.5 Å². The van der Waals surface area contributed by atoms with E-state index >= 15 is 0 Å². The molecule has 2 aromatic carbocycles. The third-order valence-corrected chi connectivity index (χ3v) is 5.06. The molecule has 2 heterocycles. The van der Waals surface area contributed by atoms with Crippen molar-refractivity contribution in [2.24, 2.45) is 0 Å². The topological polar surface area (TPSA) is 64.9 Å². The zero-order chi connectivity index (χ0) is 21.6. The lowest BCUT2D eigenvalue weighted by atomic mass is 10.1. The zero-order valence-corrected chi connectivity index (χ0v) is 17.7. The molecule has 31 heavy (non-hydrogen) atoms. The van der Waals surface area contributed by atoms with Crippen molar-refractivity contribution in [3.05, 3.63) is 78.6 Å². The highest BCUT2D eigenvalue weighted by Gasteiger charge is 2.12. The van der Waals surface area contributed by atoms with E-state index in [0.717, 1.165) is 39.8 Å². The van der Waals surface area contributed by atoms with Gasteiger partial charge in [0.05, 0.1) is 25.1 Å². The number of aromatic nitrogens is 2. The van der Waals surface area contributed by atoms with Gasteiger partial charge in [0, 0.05) is 23.9 Å². The van der Waals surface area contributed by atoms with Crippen LogP contribution in [0.5, 0.6) is 11.5 Å². The van der Waals surface area contributed by atoms with E-state index in [9.17, 15) is 4.79 Å². The number of hydrogen-bond acceptors (Lipinski definition) is 4. The molecule has 6 nitrogen and oxygen atoms in total. The van der Waals surface area contributed by atoms with Gasteiger partial charge in [-0.25, -0.2) is 4.98 Å². The number of carbonyl (C=O) groups excluding carboxylic acids is 1. The van der Waals surface area contributed by atoms with Crippen molar-refractivity contribution >= 4 is 17.2 Å². The van der Waals surface area contributed by atoms with Crippen LogP contribution in [0.1, 0.15) is 18.5 Å².